The molecule has 0 heterocycles. The third-order valence-corrected chi connectivity index (χ3v) is 2.95. The van der Waals surface area contributed by atoms with Gasteiger partial charge in [-0.3, -0.25) is 4.79 Å². The second-order valence-corrected chi connectivity index (χ2v) is 5.18. The fraction of sp³-hybridized carbons (Fsp3) is 0.100. The number of hydrogen-bond donors (Lipinski definition) is 1. The van der Waals surface area contributed by atoms with Crippen LogP contribution in [0.4, 0.5) is 5.69 Å². The molecule has 5 heteroatoms. The minimum atomic E-state index is -3.54. The zero-order valence-corrected chi connectivity index (χ0v) is 9.04. The standard InChI is InChI=1S/C10H11NO3S/c1-7(15(2,13)14)10(12)8-3-5-9(11)6-4-8/h3-6H,1,11H2,2H3. The van der Waals surface area contributed by atoms with Crippen molar-refractivity contribution in [3.63, 3.8) is 0 Å². The first-order valence-corrected chi connectivity index (χ1v) is 6.00. The number of anilines is 1. The summed E-state index contributed by atoms with van der Waals surface area (Å²) in [5, 5.41) is 0. The molecule has 0 saturated heterocycles. The van der Waals surface area contributed by atoms with Gasteiger partial charge in [0.2, 0.25) is 5.78 Å². The third-order valence-electron chi connectivity index (χ3n) is 1.87. The van der Waals surface area contributed by atoms with Crippen LogP contribution in [0.25, 0.3) is 0 Å². The van der Waals surface area contributed by atoms with Gasteiger partial charge >= 0.3 is 0 Å². The van der Waals surface area contributed by atoms with Crippen molar-refractivity contribution in [1.82, 2.24) is 0 Å². The van der Waals surface area contributed by atoms with Gasteiger partial charge in [0, 0.05) is 17.5 Å². The number of Topliss-reactive ketones (excluding diaryl/α,β-unsaturated/α-hetero) is 1. The molecule has 0 amide bonds. The molecule has 0 unspecified atom stereocenters. The van der Waals surface area contributed by atoms with Crippen molar-refractivity contribution in [3.8, 4) is 0 Å². The van der Waals surface area contributed by atoms with Gasteiger partial charge in [0.15, 0.2) is 9.84 Å². The largest absolute Gasteiger partial charge is 0.399 e. The Morgan fingerprint density at radius 1 is 1.27 bits per heavy atom. The lowest BCUT2D eigenvalue weighted by Crippen LogP contribution is -2.11. The average Bonchev–Trinajstić information content (AvgIpc) is 2.15. The second-order valence-electron chi connectivity index (χ2n) is 3.15. The minimum Gasteiger partial charge on any atom is -0.399 e. The van der Waals surface area contributed by atoms with Gasteiger partial charge in [0.25, 0.3) is 0 Å². The fourth-order valence-electron chi connectivity index (χ4n) is 0.964. The van der Waals surface area contributed by atoms with E-state index in [9.17, 15) is 13.2 Å². The lowest BCUT2D eigenvalue weighted by Gasteiger charge is -2.02. The summed E-state index contributed by atoms with van der Waals surface area (Å²) < 4.78 is 22.1. The summed E-state index contributed by atoms with van der Waals surface area (Å²) in [6.45, 7) is 3.26. The lowest BCUT2D eigenvalue weighted by atomic mass is 10.1. The van der Waals surface area contributed by atoms with E-state index in [-0.39, 0.29) is 5.56 Å². The maximum Gasteiger partial charge on any atom is 0.203 e. The molecule has 15 heavy (non-hydrogen) atoms. The van der Waals surface area contributed by atoms with E-state index in [4.69, 9.17) is 5.73 Å². The Kier molecular flexibility index (Phi) is 2.95. The van der Waals surface area contributed by atoms with Gasteiger partial charge < -0.3 is 5.73 Å². The molecule has 0 radical (unpaired) electrons. The van der Waals surface area contributed by atoms with Crippen molar-refractivity contribution in [2.24, 2.45) is 0 Å². The van der Waals surface area contributed by atoms with Crippen molar-refractivity contribution in [2.75, 3.05) is 12.0 Å². The molecule has 1 rings (SSSR count). The quantitative estimate of drug-likeness (QED) is 0.473. The van der Waals surface area contributed by atoms with Crippen LogP contribution in [0.15, 0.2) is 35.7 Å². The minimum absolute atomic E-state index is 0.264. The summed E-state index contributed by atoms with van der Waals surface area (Å²) in [7, 11) is -3.54. The van der Waals surface area contributed by atoms with Crippen LogP contribution in [-0.4, -0.2) is 20.5 Å². The van der Waals surface area contributed by atoms with Crippen LogP contribution >= 0.6 is 0 Å². The summed E-state index contributed by atoms with van der Waals surface area (Å²) >= 11 is 0. The molecule has 0 aliphatic heterocycles. The molecule has 4 nitrogen and oxygen atoms in total. The lowest BCUT2D eigenvalue weighted by molar-refractivity contribution is 0.104. The zero-order valence-electron chi connectivity index (χ0n) is 8.23. The predicted octanol–water partition coefficient (Wildman–Crippen LogP) is 1.01. The van der Waals surface area contributed by atoms with Crippen LogP contribution in [0.1, 0.15) is 10.4 Å². The number of sulfone groups is 1. The first kappa shape index (κ1) is 11.5. The second kappa shape index (κ2) is 3.86. The van der Waals surface area contributed by atoms with Crippen LogP contribution < -0.4 is 5.73 Å². The smallest absolute Gasteiger partial charge is 0.203 e. The van der Waals surface area contributed by atoms with Gasteiger partial charge in [0.05, 0.1) is 0 Å². The molecule has 1 aromatic rings. The van der Waals surface area contributed by atoms with E-state index < -0.39 is 20.5 Å². The van der Waals surface area contributed by atoms with Crippen LogP contribution in [-0.2, 0) is 9.84 Å². The van der Waals surface area contributed by atoms with Crippen LogP contribution in [0.5, 0.6) is 0 Å². The molecule has 1 aromatic carbocycles. The normalized spacial score (nSPS) is 11.0. The van der Waals surface area contributed by atoms with Gasteiger partial charge in [-0.1, -0.05) is 6.58 Å². The molecule has 0 atom stereocenters. The molecule has 2 N–H and O–H groups in total. The van der Waals surface area contributed by atoms with Gasteiger partial charge in [-0.2, -0.15) is 0 Å². The van der Waals surface area contributed by atoms with Crippen LogP contribution in [0.3, 0.4) is 0 Å². The number of allylic oxidation sites excluding steroid dienone is 1. The SMILES string of the molecule is C=C(C(=O)c1ccc(N)cc1)S(C)(=O)=O. The van der Waals surface area contributed by atoms with Crippen molar-refractivity contribution in [3.05, 3.63) is 41.3 Å². The summed E-state index contributed by atoms with van der Waals surface area (Å²) in [5.74, 6) is -0.600. The topological polar surface area (TPSA) is 77.2 Å². The highest BCUT2D eigenvalue weighted by Crippen LogP contribution is 2.13. The molecule has 0 aliphatic rings. The Bertz CT molecular complexity index is 500. The first-order chi connectivity index (χ1) is 6.82. The molecule has 0 saturated carbocycles. The van der Waals surface area contributed by atoms with Crippen LogP contribution in [0, 0.1) is 0 Å². The Balaban J connectivity index is 3.06. The molecule has 0 fully saturated rings. The highest BCUT2D eigenvalue weighted by atomic mass is 32.2. The Labute approximate surface area is 88.3 Å². The van der Waals surface area contributed by atoms with Crippen LogP contribution in [0.2, 0.25) is 0 Å². The molecule has 0 aliphatic carbocycles. The van der Waals surface area contributed by atoms with Crippen molar-refractivity contribution in [2.45, 2.75) is 0 Å². The Morgan fingerprint density at radius 2 is 1.73 bits per heavy atom. The Morgan fingerprint density at radius 3 is 2.13 bits per heavy atom. The van der Waals surface area contributed by atoms with E-state index in [1.165, 1.54) is 24.3 Å². The van der Waals surface area contributed by atoms with E-state index in [0.29, 0.717) is 5.69 Å². The average molecular weight is 225 g/mol. The highest BCUT2D eigenvalue weighted by molar-refractivity contribution is 7.95. The summed E-state index contributed by atoms with van der Waals surface area (Å²) in [6, 6.07) is 5.99. The van der Waals surface area contributed by atoms with Gasteiger partial charge in [-0.15, -0.1) is 0 Å². The van der Waals surface area contributed by atoms with Gasteiger partial charge in [0.1, 0.15) is 4.91 Å². The first-order valence-electron chi connectivity index (χ1n) is 4.11. The van der Waals surface area contributed by atoms with E-state index in [2.05, 4.69) is 6.58 Å². The van der Waals surface area contributed by atoms with Crippen molar-refractivity contribution >= 4 is 21.3 Å². The number of ketones is 1. The molecular formula is C10H11NO3S. The van der Waals surface area contributed by atoms with Crippen molar-refractivity contribution < 1.29 is 13.2 Å². The van der Waals surface area contributed by atoms with E-state index >= 15 is 0 Å². The highest BCUT2D eigenvalue weighted by Gasteiger charge is 2.18. The molecule has 0 spiro atoms. The predicted molar refractivity (Wildman–Crippen MR) is 59.2 cm³/mol. The number of nitrogen functional groups attached to an aromatic ring is 1. The molecule has 80 valence electrons. The monoisotopic (exact) mass is 225 g/mol. The van der Waals surface area contributed by atoms with E-state index in [1.54, 1.807) is 0 Å². The number of hydrogen-bond acceptors (Lipinski definition) is 4. The molecule has 0 aromatic heterocycles. The number of rotatable bonds is 3. The van der Waals surface area contributed by atoms with Crippen molar-refractivity contribution in [1.29, 1.82) is 0 Å². The van der Waals surface area contributed by atoms with E-state index in [0.717, 1.165) is 6.26 Å². The van der Waals surface area contributed by atoms with Gasteiger partial charge in [-0.05, 0) is 24.3 Å². The number of benzene rings is 1. The maximum atomic E-state index is 11.6. The maximum absolute atomic E-state index is 11.6. The number of carbonyl (C=O) groups excluding carboxylic acids is 1. The van der Waals surface area contributed by atoms with Gasteiger partial charge in [-0.25, -0.2) is 8.42 Å². The molecule has 0 bridgehead atoms. The molecular weight excluding hydrogens is 214 g/mol. The number of nitrogens with two attached hydrogens (primary N) is 1. The fourth-order valence-corrected chi connectivity index (χ4v) is 1.42. The zero-order chi connectivity index (χ0) is 11.6. The summed E-state index contributed by atoms with van der Waals surface area (Å²) in [4.78, 5) is 11.2. The summed E-state index contributed by atoms with van der Waals surface area (Å²) in [6.07, 6.45) is 0.949. The third kappa shape index (κ3) is 2.66. The number of carbonyl (C=O) groups is 1. The summed E-state index contributed by atoms with van der Waals surface area (Å²) in [5.41, 5.74) is 6.21. The van der Waals surface area contributed by atoms with E-state index in [1.807, 2.05) is 0 Å². The Hall–Kier alpha value is -1.62.